The molecule has 2 aromatic rings. The van der Waals surface area contributed by atoms with E-state index < -0.39 is 29.2 Å². The van der Waals surface area contributed by atoms with Crippen LogP contribution in [0, 0.1) is 23.5 Å². The average molecular weight is 369 g/mol. The zero-order valence-corrected chi connectivity index (χ0v) is 14.5. The van der Waals surface area contributed by atoms with Gasteiger partial charge in [-0.25, -0.2) is 0 Å². The predicted octanol–water partition coefficient (Wildman–Crippen LogP) is 3.53. The first kappa shape index (κ1) is 18.4. The van der Waals surface area contributed by atoms with Crippen LogP contribution in [0.2, 0.25) is 0 Å². The van der Waals surface area contributed by atoms with Crippen molar-refractivity contribution in [2.45, 2.75) is 13.0 Å². The van der Waals surface area contributed by atoms with Crippen LogP contribution in [-0.2, 0) is 0 Å². The van der Waals surface area contributed by atoms with Crippen molar-refractivity contribution in [3.8, 4) is 5.75 Å². The molecule has 8 heteroatoms. The van der Waals surface area contributed by atoms with Gasteiger partial charge < -0.3 is 9.64 Å². The summed E-state index contributed by atoms with van der Waals surface area (Å²) in [6.45, 7) is 3.49. The molecule has 0 aliphatic carbocycles. The SMILES string of the molecule is COc1cccc(C(C)N2CCN(c3c(F)c(F)nc(F)c3F)CC2)c1. The van der Waals surface area contributed by atoms with Crippen molar-refractivity contribution >= 4 is 5.69 Å². The van der Waals surface area contributed by atoms with Crippen LogP contribution < -0.4 is 9.64 Å². The lowest BCUT2D eigenvalue weighted by Crippen LogP contribution is -2.48. The van der Waals surface area contributed by atoms with E-state index in [-0.39, 0.29) is 19.1 Å². The Morgan fingerprint density at radius 2 is 1.62 bits per heavy atom. The van der Waals surface area contributed by atoms with E-state index in [2.05, 4.69) is 9.88 Å². The van der Waals surface area contributed by atoms with E-state index in [9.17, 15) is 17.6 Å². The second-order valence-corrected chi connectivity index (χ2v) is 6.15. The second-order valence-electron chi connectivity index (χ2n) is 6.15. The maximum Gasteiger partial charge on any atom is 0.253 e. The summed E-state index contributed by atoms with van der Waals surface area (Å²) in [5.41, 5.74) is 0.361. The lowest BCUT2D eigenvalue weighted by molar-refractivity contribution is 0.197. The molecule has 0 bridgehead atoms. The molecule has 4 nitrogen and oxygen atoms in total. The van der Waals surface area contributed by atoms with E-state index in [1.807, 2.05) is 31.2 Å². The summed E-state index contributed by atoms with van der Waals surface area (Å²) in [4.78, 5) is 6.04. The molecule has 1 aliphatic rings. The number of benzene rings is 1. The summed E-state index contributed by atoms with van der Waals surface area (Å²) in [6, 6.07) is 7.73. The fraction of sp³-hybridized carbons (Fsp3) is 0.389. The molecule has 0 spiro atoms. The smallest absolute Gasteiger partial charge is 0.253 e. The van der Waals surface area contributed by atoms with Crippen molar-refractivity contribution in [1.82, 2.24) is 9.88 Å². The number of hydrogen-bond donors (Lipinski definition) is 0. The minimum Gasteiger partial charge on any atom is -0.497 e. The second kappa shape index (κ2) is 7.49. The number of methoxy groups -OCH3 is 1. The lowest BCUT2D eigenvalue weighted by atomic mass is 10.1. The van der Waals surface area contributed by atoms with E-state index in [1.165, 1.54) is 4.90 Å². The average Bonchev–Trinajstić information content (AvgIpc) is 2.66. The maximum atomic E-state index is 13.9. The summed E-state index contributed by atoms with van der Waals surface area (Å²) >= 11 is 0. The van der Waals surface area contributed by atoms with Crippen LogP contribution in [0.15, 0.2) is 24.3 Å². The van der Waals surface area contributed by atoms with E-state index >= 15 is 0 Å². The quantitative estimate of drug-likeness (QED) is 0.609. The van der Waals surface area contributed by atoms with Crippen molar-refractivity contribution in [3.05, 3.63) is 53.4 Å². The first-order valence-corrected chi connectivity index (χ1v) is 8.25. The highest BCUT2D eigenvalue weighted by atomic mass is 19.2. The van der Waals surface area contributed by atoms with E-state index in [0.29, 0.717) is 13.1 Å². The highest BCUT2D eigenvalue weighted by Crippen LogP contribution is 2.29. The van der Waals surface area contributed by atoms with Crippen LogP contribution >= 0.6 is 0 Å². The number of anilines is 1. The first-order valence-electron chi connectivity index (χ1n) is 8.25. The highest BCUT2D eigenvalue weighted by molar-refractivity contribution is 5.49. The van der Waals surface area contributed by atoms with Gasteiger partial charge in [0, 0.05) is 32.2 Å². The fourth-order valence-electron chi connectivity index (χ4n) is 3.20. The molecule has 140 valence electrons. The summed E-state index contributed by atoms with van der Waals surface area (Å²) in [5, 5.41) is 0. The molecular weight excluding hydrogens is 350 g/mol. The molecule has 0 N–H and O–H groups in total. The van der Waals surface area contributed by atoms with Crippen LogP contribution in [0.25, 0.3) is 0 Å². The Balaban J connectivity index is 1.73. The van der Waals surface area contributed by atoms with Gasteiger partial charge in [0.15, 0.2) is 0 Å². The molecule has 1 aromatic carbocycles. The number of hydrogen-bond acceptors (Lipinski definition) is 4. The van der Waals surface area contributed by atoms with Crippen molar-refractivity contribution in [2.24, 2.45) is 0 Å². The molecule has 1 saturated heterocycles. The van der Waals surface area contributed by atoms with Crippen LogP contribution in [0.3, 0.4) is 0 Å². The van der Waals surface area contributed by atoms with E-state index in [0.717, 1.165) is 11.3 Å². The van der Waals surface area contributed by atoms with E-state index in [1.54, 1.807) is 7.11 Å². The third kappa shape index (κ3) is 3.46. The Hall–Kier alpha value is -2.35. The monoisotopic (exact) mass is 369 g/mol. The number of pyridine rings is 1. The minimum absolute atomic E-state index is 0.0628. The van der Waals surface area contributed by atoms with Crippen molar-refractivity contribution in [1.29, 1.82) is 0 Å². The van der Waals surface area contributed by atoms with Crippen molar-refractivity contribution < 1.29 is 22.3 Å². The van der Waals surface area contributed by atoms with Gasteiger partial charge >= 0.3 is 0 Å². The number of aromatic nitrogens is 1. The number of ether oxygens (including phenoxy) is 1. The molecule has 3 rings (SSSR count). The number of halogens is 4. The Labute approximate surface area is 149 Å². The Kier molecular flexibility index (Phi) is 5.31. The Morgan fingerprint density at radius 1 is 1.00 bits per heavy atom. The third-order valence-corrected chi connectivity index (χ3v) is 4.73. The molecular formula is C18H19F4N3O. The van der Waals surface area contributed by atoms with Crippen LogP contribution in [0.1, 0.15) is 18.5 Å². The summed E-state index contributed by atoms with van der Waals surface area (Å²) in [6.07, 6.45) is 0. The number of nitrogens with zero attached hydrogens (tertiary/aromatic N) is 3. The lowest BCUT2D eigenvalue weighted by Gasteiger charge is -2.39. The van der Waals surface area contributed by atoms with Gasteiger partial charge in [0.1, 0.15) is 11.4 Å². The van der Waals surface area contributed by atoms with Gasteiger partial charge in [0.2, 0.25) is 11.6 Å². The van der Waals surface area contributed by atoms with Gasteiger partial charge in [-0.2, -0.15) is 22.5 Å². The van der Waals surface area contributed by atoms with Gasteiger partial charge in [-0.05, 0) is 24.6 Å². The summed E-state index contributed by atoms with van der Waals surface area (Å²) in [5.74, 6) is -5.44. The Bertz CT molecular complexity index is 768. The van der Waals surface area contributed by atoms with Gasteiger partial charge in [-0.1, -0.05) is 12.1 Å². The van der Waals surface area contributed by atoms with Crippen LogP contribution in [-0.4, -0.2) is 43.2 Å². The molecule has 26 heavy (non-hydrogen) atoms. The number of rotatable bonds is 4. The fourth-order valence-corrected chi connectivity index (χ4v) is 3.20. The molecule has 1 unspecified atom stereocenters. The van der Waals surface area contributed by atoms with E-state index in [4.69, 9.17) is 4.74 Å². The molecule has 2 heterocycles. The standard InChI is InChI=1S/C18H19F4N3O/c1-11(12-4-3-5-13(10-12)26-2)24-6-8-25(9-7-24)16-14(19)17(21)23-18(22)15(16)20/h3-5,10-11H,6-9H2,1-2H3. The minimum atomic E-state index is -1.63. The number of piperazine rings is 1. The summed E-state index contributed by atoms with van der Waals surface area (Å²) < 4.78 is 59.7. The predicted molar refractivity (Wildman–Crippen MR) is 89.3 cm³/mol. The largest absolute Gasteiger partial charge is 0.497 e. The third-order valence-electron chi connectivity index (χ3n) is 4.73. The van der Waals surface area contributed by atoms with Gasteiger partial charge in [-0.15, -0.1) is 0 Å². The topological polar surface area (TPSA) is 28.6 Å². The maximum absolute atomic E-state index is 13.9. The molecule has 1 aromatic heterocycles. The molecule has 0 radical (unpaired) electrons. The normalized spacial score (nSPS) is 16.6. The van der Waals surface area contributed by atoms with Crippen LogP contribution in [0.5, 0.6) is 5.75 Å². The summed E-state index contributed by atoms with van der Waals surface area (Å²) in [7, 11) is 1.60. The zero-order chi connectivity index (χ0) is 18.8. The van der Waals surface area contributed by atoms with Gasteiger partial charge in [0.25, 0.3) is 11.9 Å². The first-order chi connectivity index (χ1) is 12.4. The Morgan fingerprint density at radius 3 is 2.19 bits per heavy atom. The zero-order valence-electron chi connectivity index (χ0n) is 14.5. The van der Waals surface area contributed by atoms with Crippen molar-refractivity contribution in [2.75, 3.05) is 38.2 Å². The molecule has 0 saturated carbocycles. The molecule has 1 aliphatic heterocycles. The molecule has 0 amide bonds. The van der Waals surface area contributed by atoms with Gasteiger partial charge in [0.05, 0.1) is 7.11 Å². The van der Waals surface area contributed by atoms with Crippen molar-refractivity contribution in [3.63, 3.8) is 0 Å². The van der Waals surface area contributed by atoms with Gasteiger partial charge in [-0.3, -0.25) is 4.90 Å². The molecule has 1 atom stereocenters. The molecule has 1 fully saturated rings. The highest BCUT2D eigenvalue weighted by Gasteiger charge is 2.29. The van der Waals surface area contributed by atoms with Crippen LogP contribution in [0.4, 0.5) is 23.2 Å².